The molecule has 1 saturated heterocycles. The Morgan fingerprint density at radius 1 is 0.969 bits per heavy atom. The lowest BCUT2D eigenvalue weighted by atomic mass is 9.89. The Bertz CT molecular complexity index is 1000. The predicted octanol–water partition coefficient (Wildman–Crippen LogP) is 4.35. The Kier molecular flexibility index (Phi) is 7.77. The van der Waals surface area contributed by atoms with E-state index in [1.165, 1.54) is 35.8 Å². The second-order valence-electron chi connectivity index (χ2n) is 8.96. The molecule has 7 heteroatoms. The largest absolute Gasteiger partial charge is 0.494 e. The van der Waals surface area contributed by atoms with Crippen LogP contribution in [0.5, 0.6) is 5.75 Å². The van der Waals surface area contributed by atoms with Gasteiger partial charge in [0.05, 0.1) is 12.9 Å². The van der Waals surface area contributed by atoms with E-state index in [4.69, 9.17) is 16.3 Å². The molecule has 0 bridgehead atoms. The van der Waals surface area contributed by atoms with Gasteiger partial charge >= 0.3 is 0 Å². The summed E-state index contributed by atoms with van der Waals surface area (Å²) in [4.78, 5) is 2.53. The van der Waals surface area contributed by atoms with Crippen molar-refractivity contribution in [2.75, 3.05) is 45.6 Å². The monoisotopic (exact) mass is 476 g/mol. The van der Waals surface area contributed by atoms with E-state index in [9.17, 15) is 8.42 Å². The number of piperidine rings is 1. The summed E-state index contributed by atoms with van der Waals surface area (Å²) in [5, 5.41) is 0.802. The molecule has 2 aromatic rings. The van der Waals surface area contributed by atoms with Crippen LogP contribution in [0.3, 0.4) is 0 Å². The second kappa shape index (κ2) is 10.6. The minimum atomic E-state index is -3.13. The number of ether oxygens (including phenoxy) is 1. The Labute approximate surface area is 197 Å². The minimum absolute atomic E-state index is 0.543. The number of sulfonamides is 1. The first-order valence-electron chi connectivity index (χ1n) is 11.6. The van der Waals surface area contributed by atoms with E-state index in [2.05, 4.69) is 29.2 Å². The average molecular weight is 477 g/mol. The molecule has 0 atom stereocenters. The molecular weight excluding hydrogens is 444 g/mol. The van der Waals surface area contributed by atoms with Gasteiger partial charge in [-0.1, -0.05) is 29.8 Å². The van der Waals surface area contributed by atoms with Gasteiger partial charge in [0.1, 0.15) is 5.75 Å². The standard InChI is InChI=1S/C25H33ClN2O3S/c1-32(29,30)28-16-11-21-5-8-25(19-23(21)12-17-28)31-18-2-13-27-14-9-22(10-15-27)20-3-6-24(26)7-4-20/h3-8,19,22H,2,9-18H2,1H3. The van der Waals surface area contributed by atoms with Crippen molar-refractivity contribution in [1.29, 1.82) is 0 Å². The molecule has 2 aliphatic rings. The summed E-state index contributed by atoms with van der Waals surface area (Å²) < 4.78 is 31.3. The van der Waals surface area contributed by atoms with Gasteiger partial charge in [0.2, 0.25) is 10.0 Å². The fourth-order valence-corrected chi connectivity index (χ4v) is 5.78. The quantitative estimate of drug-likeness (QED) is 0.557. The molecule has 2 heterocycles. The summed E-state index contributed by atoms with van der Waals surface area (Å²) in [6.45, 7) is 5.11. The summed E-state index contributed by atoms with van der Waals surface area (Å²) in [6.07, 6.45) is 6.18. The number of halogens is 1. The highest BCUT2D eigenvalue weighted by atomic mass is 35.5. The van der Waals surface area contributed by atoms with E-state index in [1.54, 1.807) is 4.31 Å². The van der Waals surface area contributed by atoms with Crippen molar-refractivity contribution in [2.45, 2.75) is 38.0 Å². The van der Waals surface area contributed by atoms with Crippen LogP contribution in [-0.2, 0) is 22.9 Å². The Hall–Kier alpha value is -1.60. The third-order valence-corrected chi connectivity index (χ3v) is 8.28. The zero-order valence-corrected chi connectivity index (χ0v) is 20.4. The molecular formula is C25H33ClN2O3S. The van der Waals surface area contributed by atoms with E-state index in [0.29, 0.717) is 25.6 Å². The number of hydrogen-bond acceptors (Lipinski definition) is 4. The molecule has 0 unspecified atom stereocenters. The van der Waals surface area contributed by atoms with Gasteiger partial charge in [-0.25, -0.2) is 12.7 Å². The van der Waals surface area contributed by atoms with Gasteiger partial charge in [-0.3, -0.25) is 0 Å². The van der Waals surface area contributed by atoms with E-state index in [1.807, 2.05) is 18.2 Å². The van der Waals surface area contributed by atoms with Gasteiger partial charge in [-0.15, -0.1) is 0 Å². The molecule has 4 rings (SSSR count). The van der Waals surface area contributed by atoms with E-state index in [-0.39, 0.29) is 0 Å². The molecule has 174 valence electrons. The number of nitrogens with zero attached hydrogens (tertiary/aromatic N) is 2. The number of benzene rings is 2. The SMILES string of the molecule is CS(=O)(=O)N1CCc2ccc(OCCCN3CCC(c4ccc(Cl)cc4)CC3)cc2CC1. The van der Waals surface area contributed by atoms with Crippen LogP contribution < -0.4 is 4.74 Å². The zero-order valence-electron chi connectivity index (χ0n) is 18.8. The van der Waals surface area contributed by atoms with Crippen molar-refractivity contribution in [3.8, 4) is 5.75 Å². The van der Waals surface area contributed by atoms with E-state index in [0.717, 1.165) is 49.7 Å². The molecule has 0 radical (unpaired) electrons. The lowest BCUT2D eigenvalue weighted by Gasteiger charge is -2.32. The molecule has 2 aromatic carbocycles. The number of likely N-dealkylation sites (tertiary alicyclic amines) is 1. The highest BCUT2D eigenvalue weighted by Crippen LogP contribution is 2.29. The van der Waals surface area contributed by atoms with Crippen LogP contribution in [0.2, 0.25) is 5.02 Å². The fraction of sp³-hybridized carbons (Fsp3) is 0.520. The zero-order chi connectivity index (χ0) is 22.6. The first kappa shape index (κ1) is 23.6. The molecule has 0 amide bonds. The Morgan fingerprint density at radius 2 is 1.66 bits per heavy atom. The van der Waals surface area contributed by atoms with Gasteiger partial charge in [0.25, 0.3) is 0 Å². The van der Waals surface area contributed by atoms with Crippen molar-refractivity contribution in [2.24, 2.45) is 0 Å². The third kappa shape index (κ3) is 6.25. The average Bonchev–Trinajstić information content (AvgIpc) is 3.00. The van der Waals surface area contributed by atoms with Crippen molar-refractivity contribution in [1.82, 2.24) is 9.21 Å². The maximum absolute atomic E-state index is 11.9. The maximum atomic E-state index is 11.9. The Balaban J connectivity index is 1.19. The summed E-state index contributed by atoms with van der Waals surface area (Å²) >= 11 is 6.01. The van der Waals surface area contributed by atoms with Gasteiger partial charge < -0.3 is 9.64 Å². The van der Waals surface area contributed by atoms with Crippen LogP contribution >= 0.6 is 11.6 Å². The smallest absolute Gasteiger partial charge is 0.211 e. The Morgan fingerprint density at radius 3 is 2.34 bits per heavy atom. The molecule has 0 spiro atoms. The third-order valence-electron chi connectivity index (χ3n) is 6.72. The molecule has 5 nitrogen and oxygen atoms in total. The van der Waals surface area contributed by atoms with E-state index < -0.39 is 10.0 Å². The second-order valence-corrected chi connectivity index (χ2v) is 11.4. The van der Waals surface area contributed by atoms with Crippen molar-refractivity contribution < 1.29 is 13.2 Å². The lowest BCUT2D eigenvalue weighted by Crippen LogP contribution is -2.34. The number of rotatable bonds is 7. The van der Waals surface area contributed by atoms with E-state index >= 15 is 0 Å². The van der Waals surface area contributed by atoms with Crippen LogP contribution in [0.4, 0.5) is 0 Å². The predicted molar refractivity (Wildman–Crippen MR) is 130 cm³/mol. The number of hydrogen-bond donors (Lipinski definition) is 0. The first-order chi connectivity index (χ1) is 15.4. The summed E-state index contributed by atoms with van der Waals surface area (Å²) in [5.41, 5.74) is 3.84. The summed E-state index contributed by atoms with van der Waals surface area (Å²) in [5.74, 6) is 1.52. The van der Waals surface area contributed by atoms with Crippen LogP contribution in [0.25, 0.3) is 0 Å². The minimum Gasteiger partial charge on any atom is -0.494 e. The van der Waals surface area contributed by atoms with Crippen LogP contribution in [0, 0.1) is 0 Å². The molecule has 0 N–H and O–H groups in total. The topological polar surface area (TPSA) is 49.9 Å². The normalized spacial score (nSPS) is 18.8. The lowest BCUT2D eigenvalue weighted by molar-refractivity contribution is 0.193. The molecule has 32 heavy (non-hydrogen) atoms. The fourth-order valence-electron chi connectivity index (χ4n) is 4.81. The molecule has 2 aliphatic heterocycles. The molecule has 1 fully saturated rings. The van der Waals surface area contributed by atoms with Gasteiger partial charge in [0.15, 0.2) is 0 Å². The van der Waals surface area contributed by atoms with Crippen molar-refractivity contribution in [3.63, 3.8) is 0 Å². The van der Waals surface area contributed by atoms with Crippen molar-refractivity contribution in [3.05, 3.63) is 64.2 Å². The first-order valence-corrected chi connectivity index (χ1v) is 13.8. The van der Waals surface area contributed by atoms with Crippen LogP contribution in [-0.4, -0.2) is 63.2 Å². The number of fused-ring (bicyclic) bond motifs is 1. The van der Waals surface area contributed by atoms with Gasteiger partial charge in [-0.2, -0.15) is 0 Å². The maximum Gasteiger partial charge on any atom is 0.211 e. The van der Waals surface area contributed by atoms with Crippen LogP contribution in [0.1, 0.15) is 41.9 Å². The van der Waals surface area contributed by atoms with Gasteiger partial charge in [0, 0.05) is 24.7 Å². The van der Waals surface area contributed by atoms with Crippen molar-refractivity contribution >= 4 is 21.6 Å². The molecule has 0 aliphatic carbocycles. The summed E-state index contributed by atoms with van der Waals surface area (Å²) in [7, 11) is -3.13. The highest BCUT2D eigenvalue weighted by molar-refractivity contribution is 7.88. The van der Waals surface area contributed by atoms with Crippen LogP contribution in [0.15, 0.2) is 42.5 Å². The molecule has 0 aromatic heterocycles. The summed E-state index contributed by atoms with van der Waals surface area (Å²) in [6, 6.07) is 14.5. The van der Waals surface area contributed by atoms with Gasteiger partial charge in [-0.05, 0) is 92.1 Å². The highest BCUT2D eigenvalue weighted by Gasteiger charge is 2.22. The molecule has 0 saturated carbocycles.